The number of carbonyl (C=O) groups is 2. The van der Waals surface area contributed by atoms with Crippen LogP contribution >= 0.6 is 0 Å². The van der Waals surface area contributed by atoms with Gasteiger partial charge in [0.25, 0.3) is 0 Å². The second kappa shape index (κ2) is 8.37. The Bertz CT molecular complexity index is 709. The van der Waals surface area contributed by atoms with E-state index in [-0.39, 0.29) is 19.9 Å². The molecule has 0 rings (SSSR count). The molecule has 0 aliphatic carbocycles. The third-order valence-electron chi connectivity index (χ3n) is 3.57. The molecule has 1 atom stereocenters. The molecule has 182 valence electrons. The summed E-state index contributed by atoms with van der Waals surface area (Å²) in [5.41, 5.74) is 0. The molecular formula is C14H11F13O4. The summed E-state index contributed by atoms with van der Waals surface area (Å²) in [6, 6.07) is 0. The third kappa shape index (κ3) is 5.16. The van der Waals surface area contributed by atoms with Crippen LogP contribution in [0.15, 0.2) is 12.2 Å². The van der Waals surface area contributed by atoms with Gasteiger partial charge in [-0.15, -0.1) is 0 Å². The second-order valence-corrected chi connectivity index (χ2v) is 6.22. The minimum atomic E-state index is -7.91. The highest BCUT2D eigenvalue weighted by Gasteiger charge is 2.89. The van der Waals surface area contributed by atoms with Crippen molar-refractivity contribution in [2.24, 2.45) is 11.8 Å². The van der Waals surface area contributed by atoms with E-state index < -0.39 is 65.8 Å². The minimum Gasteiger partial charge on any atom is -0.478 e. The number of halogens is 13. The fourth-order valence-electron chi connectivity index (χ4n) is 2.15. The lowest BCUT2D eigenvalue weighted by atomic mass is 9.82. The number of rotatable bonds is 9. The fraction of sp³-hybridized carbons (Fsp3) is 0.714. The molecule has 0 aromatic rings. The summed E-state index contributed by atoms with van der Waals surface area (Å²) >= 11 is 0. The van der Waals surface area contributed by atoms with Crippen molar-refractivity contribution in [3.8, 4) is 0 Å². The van der Waals surface area contributed by atoms with Gasteiger partial charge in [0.2, 0.25) is 0 Å². The second-order valence-electron chi connectivity index (χ2n) is 6.22. The van der Waals surface area contributed by atoms with Crippen molar-refractivity contribution >= 4 is 11.9 Å². The predicted molar refractivity (Wildman–Crippen MR) is 72.0 cm³/mol. The molecule has 0 aromatic heterocycles. The molecule has 0 amide bonds. The Morgan fingerprint density at radius 1 is 0.742 bits per heavy atom. The summed E-state index contributed by atoms with van der Waals surface area (Å²) < 4.78 is 177. The summed E-state index contributed by atoms with van der Waals surface area (Å²) in [4.78, 5) is 20.8. The van der Waals surface area contributed by atoms with E-state index in [0.717, 1.165) is 0 Å². The molecule has 0 aliphatic heterocycles. The monoisotopic (exact) mass is 490 g/mol. The SMILES string of the molecule is CC(C)C(C(F)(F)F)C(F)(F)C(F)(F)C(F)(F)C(F)(F)C(F)(F)OC(=O)C=CC(=O)O. The van der Waals surface area contributed by atoms with Crippen LogP contribution in [-0.4, -0.2) is 53.0 Å². The summed E-state index contributed by atoms with van der Waals surface area (Å²) in [5.74, 6) is -42.6. The van der Waals surface area contributed by atoms with Crippen LogP contribution in [0.2, 0.25) is 0 Å². The van der Waals surface area contributed by atoms with Gasteiger partial charge < -0.3 is 9.84 Å². The molecule has 1 unspecified atom stereocenters. The van der Waals surface area contributed by atoms with Crippen molar-refractivity contribution in [2.45, 2.75) is 49.8 Å². The number of ether oxygens (including phenoxy) is 1. The summed E-state index contributed by atoms with van der Waals surface area (Å²) in [7, 11) is 0. The van der Waals surface area contributed by atoms with Crippen molar-refractivity contribution in [3.05, 3.63) is 12.2 Å². The summed E-state index contributed by atoms with van der Waals surface area (Å²) in [5, 5.41) is 8.08. The van der Waals surface area contributed by atoms with Crippen LogP contribution in [0.3, 0.4) is 0 Å². The number of carboxylic acids is 1. The Kier molecular flexibility index (Phi) is 7.77. The molecule has 31 heavy (non-hydrogen) atoms. The van der Waals surface area contributed by atoms with Crippen LogP contribution in [0.5, 0.6) is 0 Å². The lowest BCUT2D eigenvalue weighted by Gasteiger charge is -2.42. The molecule has 0 radical (unpaired) electrons. The summed E-state index contributed by atoms with van der Waals surface area (Å²) in [6.07, 6.45) is -14.3. The Morgan fingerprint density at radius 2 is 1.16 bits per heavy atom. The third-order valence-corrected chi connectivity index (χ3v) is 3.57. The maximum Gasteiger partial charge on any atom is 0.473 e. The Morgan fingerprint density at radius 3 is 1.48 bits per heavy atom. The molecule has 0 aliphatic rings. The van der Waals surface area contributed by atoms with Crippen molar-refractivity contribution in [1.82, 2.24) is 0 Å². The smallest absolute Gasteiger partial charge is 0.473 e. The first kappa shape index (κ1) is 28.8. The van der Waals surface area contributed by atoms with Gasteiger partial charge >= 0.3 is 47.9 Å². The van der Waals surface area contributed by atoms with Gasteiger partial charge in [-0.25, -0.2) is 9.59 Å². The van der Waals surface area contributed by atoms with Crippen molar-refractivity contribution in [1.29, 1.82) is 0 Å². The van der Waals surface area contributed by atoms with E-state index in [1.54, 1.807) is 0 Å². The van der Waals surface area contributed by atoms with E-state index in [0.29, 0.717) is 0 Å². The highest BCUT2D eigenvalue weighted by atomic mass is 19.4. The molecule has 1 N–H and O–H groups in total. The standard InChI is InChI=1S/C14H11F13O4/c1-5(2)8(10(17,18)19)9(15,16)11(20,21)12(22,23)13(24,25)14(26,27)31-7(30)4-3-6(28)29/h3-5,8H,1-2H3,(H,28,29). The van der Waals surface area contributed by atoms with E-state index in [4.69, 9.17) is 5.11 Å². The number of esters is 1. The Balaban J connectivity index is 6.39. The minimum absolute atomic E-state index is 0.198. The van der Waals surface area contributed by atoms with Gasteiger partial charge in [-0.1, -0.05) is 13.8 Å². The average Bonchev–Trinajstić information content (AvgIpc) is 2.49. The number of carbonyl (C=O) groups excluding carboxylic acids is 1. The maximum atomic E-state index is 13.8. The number of aliphatic carboxylic acids is 1. The highest BCUT2D eigenvalue weighted by molar-refractivity contribution is 5.90. The predicted octanol–water partition coefficient (Wildman–Crippen LogP) is 5.14. The van der Waals surface area contributed by atoms with Crippen LogP contribution in [0.4, 0.5) is 57.1 Å². The highest BCUT2D eigenvalue weighted by Crippen LogP contribution is 2.61. The zero-order valence-corrected chi connectivity index (χ0v) is 14.9. The number of hydrogen-bond acceptors (Lipinski definition) is 3. The van der Waals surface area contributed by atoms with Gasteiger partial charge in [0.15, 0.2) is 0 Å². The van der Waals surface area contributed by atoms with Gasteiger partial charge in [-0.2, -0.15) is 57.1 Å². The first-order chi connectivity index (χ1) is 13.4. The largest absolute Gasteiger partial charge is 0.478 e. The fourth-order valence-corrected chi connectivity index (χ4v) is 2.15. The van der Waals surface area contributed by atoms with Gasteiger partial charge in [-0.3, -0.25) is 0 Å². The molecule has 17 heteroatoms. The van der Waals surface area contributed by atoms with E-state index in [2.05, 4.69) is 4.74 Å². The Hall–Kier alpha value is -2.23. The average molecular weight is 490 g/mol. The number of hydrogen-bond donors (Lipinski definition) is 1. The van der Waals surface area contributed by atoms with Crippen molar-refractivity contribution < 1.29 is 76.5 Å². The van der Waals surface area contributed by atoms with Crippen molar-refractivity contribution in [3.63, 3.8) is 0 Å². The molecule has 4 nitrogen and oxygen atoms in total. The van der Waals surface area contributed by atoms with E-state index in [1.165, 1.54) is 0 Å². The van der Waals surface area contributed by atoms with Crippen LogP contribution < -0.4 is 0 Å². The van der Waals surface area contributed by atoms with Gasteiger partial charge in [0.05, 0.1) is 0 Å². The lowest BCUT2D eigenvalue weighted by Crippen LogP contribution is -2.70. The van der Waals surface area contributed by atoms with Crippen LogP contribution in [0, 0.1) is 11.8 Å². The summed E-state index contributed by atoms with van der Waals surface area (Å²) in [6.45, 7) is 0.396. The number of alkyl halides is 13. The zero-order valence-electron chi connectivity index (χ0n) is 14.9. The van der Waals surface area contributed by atoms with Crippen molar-refractivity contribution in [2.75, 3.05) is 0 Å². The first-order valence-electron chi connectivity index (χ1n) is 7.47. The first-order valence-corrected chi connectivity index (χ1v) is 7.47. The van der Waals surface area contributed by atoms with E-state index >= 15 is 0 Å². The molecule has 0 aromatic carbocycles. The maximum absolute atomic E-state index is 13.8. The molecule has 0 bridgehead atoms. The van der Waals surface area contributed by atoms with E-state index in [1.807, 2.05) is 0 Å². The molecule has 0 spiro atoms. The van der Waals surface area contributed by atoms with Gasteiger partial charge in [0, 0.05) is 12.2 Å². The molecule has 0 heterocycles. The van der Waals surface area contributed by atoms with E-state index in [9.17, 15) is 66.7 Å². The Labute approximate surface area is 163 Å². The topological polar surface area (TPSA) is 63.6 Å². The van der Waals surface area contributed by atoms with Gasteiger partial charge in [0.1, 0.15) is 5.92 Å². The molecular weight excluding hydrogens is 479 g/mol. The lowest BCUT2D eigenvalue weighted by molar-refractivity contribution is -0.447. The number of carboxylic acid groups (broad SMARTS) is 1. The molecule has 0 fully saturated rings. The quantitative estimate of drug-likeness (QED) is 0.276. The van der Waals surface area contributed by atoms with Crippen LogP contribution in [0.25, 0.3) is 0 Å². The normalized spacial score (nSPS) is 16.0. The van der Waals surface area contributed by atoms with Crippen LogP contribution in [0.1, 0.15) is 13.8 Å². The molecule has 0 saturated heterocycles. The zero-order chi connectivity index (χ0) is 25.4. The van der Waals surface area contributed by atoms with Crippen LogP contribution in [-0.2, 0) is 14.3 Å². The van der Waals surface area contributed by atoms with Gasteiger partial charge in [-0.05, 0) is 5.92 Å². The molecule has 0 saturated carbocycles.